The van der Waals surface area contributed by atoms with Gasteiger partial charge < -0.3 is 5.11 Å². The molecule has 0 saturated carbocycles. The molecule has 1 N–H and O–H groups in total. The van der Waals surface area contributed by atoms with Crippen LogP contribution in [-0.2, 0) is 0 Å². The van der Waals surface area contributed by atoms with Gasteiger partial charge in [-0.15, -0.1) is 0 Å². The first-order valence-electron chi connectivity index (χ1n) is 8.29. The highest BCUT2D eigenvalue weighted by Crippen LogP contribution is 2.40. The van der Waals surface area contributed by atoms with Crippen LogP contribution in [0.3, 0.4) is 0 Å². The molecule has 2 aliphatic carbocycles. The first-order valence-corrected chi connectivity index (χ1v) is 8.29. The zero-order valence-electron chi connectivity index (χ0n) is 13.6. The van der Waals surface area contributed by atoms with Crippen LogP contribution in [0.25, 0.3) is 0 Å². The van der Waals surface area contributed by atoms with Crippen LogP contribution < -0.4 is 0 Å². The van der Waals surface area contributed by atoms with Crippen molar-refractivity contribution in [2.24, 2.45) is 22.7 Å². The van der Waals surface area contributed by atoms with Crippen molar-refractivity contribution in [3.05, 3.63) is 35.5 Å². The third-order valence-electron chi connectivity index (χ3n) is 5.49. The smallest absolute Gasteiger partial charge is 0.0581 e. The molecule has 0 spiro atoms. The van der Waals surface area contributed by atoms with Crippen molar-refractivity contribution in [2.75, 3.05) is 0 Å². The predicted octanol–water partition coefficient (Wildman–Crippen LogP) is 4.08. The lowest BCUT2D eigenvalue weighted by Crippen LogP contribution is -2.29. The molecule has 2 unspecified atom stereocenters. The maximum absolute atomic E-state index is 10.4. The molecular weight excluding hydrogens is 258 g/mol. The summed E-state index contributed by atoms with van der Waals surface area (Å²) < 4.78 is 0. The van der Waals surface area contributed by atoms with Gasteiger partial charge in [0.15, 0.2) is 0 Å². The van der Waals surface area contributed by atoms with Gasteiger partial charge in [-0.05, 0) is 62.2 Å². The zero-order valence-corrected chi connectivity index (χ0v) is 13.6. The first-order chi connectivity index (χ1) is 9.90. The standard InChI is InChI=1S/C19H27NO/c1-5-18(21)16-8-12(2)19(3,4)20-17(11-16)14-7-6-13-9-15(13)10-14/h6-7,9-10,12-13,16,18,21H,5,8,11H2,1-4H3/t12-,13?,16?,18-/m0/s1. The van der Waals surface area contributed by atoms with Crippen molar-refractivity contribution >= 4 is 5.71 Å². The van der Waals surface area contributed by atoms with Crippen molar-refractivity contribution in [2.45, 2.75) is 58.6 Å². The Morgan fingerprint density at radius 1 is 1.43 bits per heavy atom. The molecule has 3 rings (SSSR count). The lowest BCUT2D eigenvalue weighted by atomic mass is 9.80. The SMILES string of the molecule is CC[C@H](O)C1CC(C2=CC3=CC3C=C2)=NC(C)(C)[C@@H](C)C1. The second-order valence-corrected chi connectivity index (χ2v) is 7.44. The minimum absolute atomic E-state index is 0.0546. The van der Waals surface area contributed by atoms with E-state index in [0.29, 0.717) is 17.8 Å². The van der Waals surface area contributed by atoms with Crippen LogP contribution >= 0.6 is 0 Å². The Labute approximate surface area is 128 Å². The molecule has 0 fully saturated rings. The second kappa shape index (κ2) is 5.24. The second-order valence-electron chi connectivity index (χ2n) is 7.44. The van der Waals surface area contributed by atoms with Crippen molar-refractivity contribution < 1.29 is 5.11 Å². The first kappa shape index (κ1) is 14.8. The molecule has 2 heteroatoms. The van der Waals surface area contributed by atoms with E-state index in [0.717, 1.165) is 19.3 Å². The molecule has 0 amide bonds. The van der Waals surface area contributed by atoms with Gasteiger partial charge in [0.1, 0.15) is 0 Å². The lowest BCUT2D eigenvalue weighted by Gasteiger charge is -2.29. The fraction of sp³-hybridized carbons (Fsp3) is 0.632. The molecule has 0 aromatic carbocycles. The number of aliphatic imine (C=N–C) groups is 1. The number of allylic oxidation sites excluding steroid dienone is 6. The number of nitrogens with zero attached hydrogens (tertiary/aromatic N) is 1. The highest BCUT2D eigenvalue weighted by Gasteiger charge is 2.35. The largest absolute Gasteiger partial charge is 0.393 e. The quantitative estimate of drug-likeness (QED) is 0.832. The molecule has 1 aliphatic heterocycles. The summed E-state index contributed by atoms with van der Waals surface area (Å²) in [6.45, 7) is 8.79. The summed E-state index contributed by atoms with van der Waals surface area (Å²) in [6, 6.07) is 0. The summed E-state index contributed by atoms with van der Waals surface area (Å²) in [4.78, 5) is 5.09. The fourth-order valence-corrected chi connectivity index (χ4v) is 3.47. The molecule has 1 heterocycles. The van der Waals surface area contributed by atoms with Crippen molar-refractivity contribution in [1.82, 2.24) is 0 Å². The number of hydrogen-bond acceptors (Lipinski definition) is 2. The summed E-state index contributed by atoms with van der Waals surface area (Å²) in [5.41, 5.74) is 3.81. The summed E-state index contributed by atoms with van der Waals surface area (Å²) in [5.74, 6) is 1.40. The van der Waals surface area contributed by atoms with Crippen LogP contribution in [0, 0.1) is 17.8 Å². The summed E-state index contributed by atoms with van der Waals surface area (Å²) in [6.07, 6.45) is 11.6. The Morgan fingerprint density at radius 2 is 2.19 bits per heavy atom. The van der Waals surface area contributed by atoms with Gasteiger partial charge in [0.05, 0.1) is 11.6 Å². The average Bonchev–Trinajstić information content (AvgIpc) is 3.22. The third kappa shape index (κ3) is 2.91. The van der Waals surface area contributed by atoms with E-state index in [1.54, 1.807) is 0 Å². The van der Waals surface area contributed by atoms with E-state index in [9.17, 15) is 5.11 Å². The molecule has 0 saturated heterocycles. The van der Waals surface area contributed by atoms with E-state index in [4.69, 9.17) is 4.99 Å². The maximum Gasteiger partial charge on any atom is 0.0581 e. The molecular formula is C19H27NO. The van der Waals surface area contributed by atoms with Crippen molar-refractivity contribution in [3.63, 3.8) is 0 Å². The zero-order chi connectivity index (χ0) is 15.2. The number of hydrogen-bond donors (Lipinski definition) is 1. The van der Waals surface area contributed by atoms with Crippen molar-refractivity contribution in [1.29, 1.82) is 0 Å². The van der Waals surface area contributed by atoms with Gasteiger partial charge in [0.2, 0.25) is 0 Å². The number of rotatable bonds is 3. The van der Waals surface area contributed by atoms with Crippen LogP contribution in [-0.4, -0.2) is 22.5 Å². The average molecular weight is 285 g/mol. The Kier molecular flexibility index (Phi) is 3.69. The van der Waals surface area contributed by atoms with E-state index in [2.05, 4.69) is 52.0 Å². The van der Waals surface area contributed by atoms with Gasteiger partial charge in [-0.1, -0.05) is 32.1 Å². The van der Waals surface area contributed by atoms with Crippen LogP contribution in [0.1, 0.15) is 47.0 Å². The summed E-state index contributed by atoms with van der Waals surface area (Å²) in [5, 5.41) is 10.4. The van der Waals surface area contributed by atoms with E-state index in [1.807, 2.05) is 0 Å². The lowest BCUT2D eigenvalue weighted by molar-refractivity contribution is 0.0893. The maximum atomic E-state index is 10.4. The topological polar surface area (TPSA) is 32.6 Å². The van der Waals surface area contributed by atoms with Gasteiger partial charge >= 0.3 is 0 Å². The van der Waals surface area contributed by atoms with Crippen LogP contribution in [0.4, 0.5) is 0 Å². The number of aliphatic hydroxyl groups excluding tert-OH is 1. The Morgan fingerprint density at radius 3 is 2.86 bits per heavy atom. The van der Waals surface area contributed by atoms with Gasteiger partial charge in [0.25, 0.3) is 0 Å². The van der Waals surface area contributed by atoms with Crippen LogP contribution in [0.2, 0.25) is 0 Å². The monoisotopic (exact) mass is 285 g/mol. The number of aliphatic hydroxyl groups is 1. The fourth-order valence-electron chi connectivity index (χ4n) is 3.47. The Balaban J connectivity index is 1.91. The number of fused-ring (bicyclic) bond motifs is 1. The normalized spacial score (nSPS) is 35.1. The van der Waals surface area contributed by atoms with Crippen LogP contribution in [0.15, 0.2) is 40.4 Å². The minimum atomic E-state index is -0.215. The molecule has 2 nitrogen and oxygen atoms in total. The van der Waals surface area contributed by atoms with E-state index >= 15 is 0 Å². The summed E-state index contributed by atoms with van der Waals surface area (Å²) in [7, 11) is 0. The minimum Gasteiger partial charge on any atom is -0.393 e. The van der Waals surface area contributed by atoms with Crippen molar-refractivity contribution in [3.8, 4) is 0 Å². The predicted molar refractivity (Wildman–Crippen MR) is 88.5 cm³/mol. The van der Waals surface area contributed by atoms with Gasteiger partial charge in [-0.25, -0.2) is 0 Å². The molecule has 0 bridgehead atoms. The molecule has 0 radical (unpaired) electrons. The van der Waals surface area contributed by atoms with E-state index < -0.39 is 0 Å². The van der Waals surface area contributed by atoms with E-state index in [-0.39, 0.29) is 11.6 Å². The van der Waals surface area contributed by atoms with Gasteiger partial charge in [0, 0.05) is 11.6 Å². The van der Waals surface area contributed by atoms with E-state index in [1.165, 1.54) is 16.9 Å². The third-order valence-corrected chi connectivity index (χ3v) is 5.49. The van der Waals surface area contributed by atoms with Crippen LogP contribution in [0.5, 0.6) is 0 Å². The van der Waals surface area contributed by atoms with Gasteiger partial charge in [-0.3, -0.25) is 4.99 Å². The highest BCUT2D eigenvalue weighted by molar-refractivity contribution is 6.04. The molecule has 21 heavy (non-hydrogen) atoms. The summed E-state index contributed by atoms with van der Waals surface area (Å²) >= 11 is 0. The molecule has 4 atom stereocenters. The highest BCUT2D eigenvalue weighted by atomic mass is 16.3. The molecule has 3 aliphatic rings. The van der Waals surface area contributed by atoms with Gasteiger partial charge in [-0.2, -0.15) is 0 Å². The molecule has 0 aromatic heterocycles. The Bertz CT molecular complexity index is 550. The molecule has 114 valence electrons. The molecule has 0 aromatic rings. The Hall–Kier alpha value is -1.15.